The van der Waals surface area contributed by atoms with Gasteiger partial charge in [-0.2, -0.15) is 0 Å². The second kappa shape index (κ2) is 8.00. The largest absolute Gasteiger partial charge is 0.382 e. The average Bonchev–Trinajstić information content (AvgIpc) is 2.35. The van der Waals surface area contributed by atoms with Crippen molar-refractivity contribution in [1.82, 2.24) is 0 Å². The SMILES string of the molecule is COCCOCc1cccc(NC(C)C(F)F)c1. The molecule has 0 aliphatic carbocycles. The van der Waals surface area contributed by atoms with Crippen LogP contribution in [0.4, 0.5) is 14.5 Å². The van der Waals surface area contributed by atoms with Crippen molar-refractivity contribution in [1.29, 1.82) is 0 Å². The zero-order valence-electron chi connectivity index (χ0n) is 10.7. The molecule has 1 atom stereocenters. The van der Waals surface area contributed by atoms with Crippen molar-refractivity contribution in [2.45, 2.75) is 26.0 Å². The number of halogens is 2. The maximum absolute atomic E-state index is 12.4. The highest BCUT2D eigenvalue weighted by Gasteiger charge is 2.13. The standard InChI is InChI=1S/C13H19F2NO2/c1-10(13(14)15)16-12-5-3-4-11(8-12)9-18-7-6-17-2/h3-5,8,10,13,16H,6-7,9H2,1-2H3. The first kappa shape index (κ1) is 14.9. The highest BCUT2D eigenvalue weighted by atomic mass is 19.3. The summed E-state index contributed by atoms with van der Waals surface area (Å²) >= 11 is 0. The lowest BCUT2D eigenvalue weighted by atomic mass is 10.2. The number of benzene rings is 1. The number of hydrogen-bond donors (Lipinski definition) is 1. The van der Waals surface area contributed by atoms with Crippen LogP contribution < -0.4 is 5.32 Å². The summed E-state index contributed by atoms with van der Waals surface area (Å²) in [6, 6.07) is 6.42. The molecule has 1 aromatic rings. The van der Waals surface area contributed by atoms with Crippen molar-refractivity contribution in [2.24, 2.45) is 0 Å². The molecule has 1 unspecified atom stereocenters. The quantitative estimate of drug-likeness (QED) is 0.728. The fourth-order valence-electron chi connectivity index (χ4n) is 1.41. The molecule has 0 saturated carbocycles. The lowest BCUT2D eigenvalue weighted by Gasteiger charge is -2.15. The van der Waals surface area contributed by atoms with E-state index in [0.717, 1.165) is 5.56 Å². The Morgan fingerprint density at radius 3 is 2.72 bits per heavy atom. The smallest absolute Gasteiger partial charge is 0.258 e. The van der Waals surface area contributed by atoms with Crippen LogP contribution in [0.3, 0.4) is 0 Å². The second-order valence-electron chi connectivity index (χ2n) is 4.01. The van der Waals surface area contributed by atoms with E-state index in [-0.39, 0.29) is 0 Å². The molecule has 5 heteroatoms. The minimum atomic E-state index is -2.38. The van der Waals surface area contributed by atoms with Crippen molar-refractivity contribution >= 4 is 5.69 Å². The molecule has 0 bridgehead atoms. The maximum atomic E-state index is 12.4. The number of rotatable bonds is 8. The Morgan fingerprint density at radius 2 is 2.06 bits per heavy atom. The summed E-state index contributed by atoms with van der Waals surface area (Å²) in [4.78, 5) is 0. The summed E-state index contributed by atoms with van der Waals surface area (Å²) < 4.78 is 35.0. The third-order valence-electron chi connectivity index (χ3n) is 2.40. The molecule has 102 valence electrons. The van der Waals surface area contributed by atoms with E-state index in [2.05, 4.69) is 5.32 Å². The van der Waals surface area contributed by atoms with E-state index >= 15 is 0 Å². The van der Waals surface area contributed by atoms with Gasteiger partial charge >= 0.3 is 0 Å². The number of hydrogen-bond acceptors (Lipinski definition) is 3. The van der Waals surface area contributed by atoms with Gasteiger partial charge < -0.3 is 14.8 Å². The first-order chi connectivity index (χ1) is 8.63. The van der Waals surface area contributed by atoms with Crippen LogP contribution in [0.5, 0.6) is 0 Å². The third-order valence-corrected chi connectivity index (χ3v) is 2.40. The van der Waals surface area contributed by atoms with Crippen LogP contribution in [0, 0.1) is 0 Å². The summed E-state index contributed by atoms with van der Waals surface area (Å²) in [5.74, 6) is 0. The number of alkyl halides is 2. The summed E-state index contributed by atoms with van der Waals surface area (Å²) in [6.45, 7) is 2.95. The van der Waals surface area contributed by atoms with E-state index in [1.165, 1.54) is 6.92 Å². The number of methoxy groups -OCH3 is 1. The molecule has 0 fully saturated rings. The molecular formula is C13H19F2NO2. The fraction of sp³-hybridized carbons (Fsp3) is 0.538. The van der Waals surface area contributed by atoms with E-state index in [1.807, 2.05) is 18.2 Å². The Kier molecular flexibility index (Phi) is 6.60. The van der Waals surface area contributed by atoms with Gasteiger partial charge in [-0.25, -0.2) is 8.78 Å². The molecule has 3 nitrogen and oxygen atoms in total. The fourth-order valence-corrected chi connectivity index (χ4v) is 1.41. The monoisotopic (exact) mass is 259 g/mol. The summed E-state index contributed by atoms with van der Waals surface area (Å²) in [5.41, 5.74) is 1.62. The molecule has 0 aromatic heterocycles. The van der Waals surface area contributed by atoms with Gasteiger partial charge in [0, 0.05) is 12.8 Å². The van der Waals surface area contributed by atoms with Gasteiger partial charge in [-0.3, -0.25) is 0 Å². The van der Waals surface area contributed by atoms with Crippen LogP contribution in [-0.4, -0.2) is 32.8 Å². The predicted molar refractivity (Wildman–Crippen MR) is 67.1 cm³/mol. The molecule has 0 saturated heterocycles. The Balaban J connectivity index is 2.46. The molecule has 0 heterocycles. The van der Waals surface area contributed by atoms with Crippen LogP contribution in [-0.2, 0) is 16.1 Å². The lowest BCUT2D eigenvalue weighted by molar-refractivity contribution is 0.0617. The molecule has 0 aliphatic heterocycles. The van der Waals surface area contributed by atoms with E-state index in [1.54, 1.807) is 13.2 Å². The van der Waals surface area contributed by atoms with Crippen molar-refractivity contribution in [3.8, 4) is 0 Å². The van der Waals surface area contributed by atoms with Gasteiger partial charge in [0.25, 0.3) is 6.43 Å². The van der Waals surface area contributed by atoms with E-state index in [0.29, 0.717) is 25.5 Å². The van der Waals surface area contributed by atoms with Crippen molar-refractivity contribution < 1.29 is 18.3 Å². The second-order valence-corrected chi connectivity index (χ2v) is 4.01. The van der Waals surface area contributed by atoms with Crippen molar-refractivity contribution in [2.75, 3.05) is 25.6 Å². The first-order valence-electron chi connectivity index (χ1n) is 5.83. The summed E-state index contributed by atoms with van der Waals surface area (Å²) in [7, 11) is 1.61. The molecule has 1 aromatic carbocycles. The Hall–Kier alpha value is -1.20. The number of ether oxygens (including phenoxy) is 2. The average molecular weight is 259 g/mol. The highest BCUT2D eigenvalue weighted by molar-refractivity contribution is 5.46. The van der Waals surface area contributed by atoms with E-state index < -0.39 is 12.5 Å². The van der Waals surface area contributed by atoms with Gasteiger partial charge in [0.1, 0.15) is 0 Å². The third kappa shape index (κ3) is 5.42. The van der Waals surface area contributed by atoms with Gasteiger partial charge in [-0.1, -0.05) is 12.1 Å². The maximum Gasteiger partial charge on any atom is 0.258 e. The van der Waals surface area contributed by atoms with Crippen molar-refractivity contribution in [3.63, 3.8) is 0 Å². The summed E-state index contributed by atoms with van der Waals surface area (Å²) in [5, 5.41) is 2.75. The van der Waals surface area contributed by atoms with Gasteiger partial charge in [0.15, 0.2) is 0 Å². The van der Waals surface area contributed by atoms with Crippen LogP contribution in [0.1, 0.15) is 12.5 Å². The minimum absolute atomic E-state index is 0.446. The van der Waals surface area contributed by atoms with Crippen LogP contribution in [0.15, 0.2) is 24.3 Å². The number of anilines is 1. The Morgan fingerprint density at radius 1 is 1.28 bits per heavy atom. The molecule has 0 aliphatic rings. The van der Waals surface area contributed by atoms with Crippen molar-refractivity contribution in [3.05, 3.63) is 29.8 Å². The predicted octanol–water partition coefficient (Wildman–Crippen LogP) is 2.92. The molecule has 1 N–H and O–H groups in total. The van der Waals surface area contributed by atoms with E-state index in [4.69, 9.17) is 9.47 Å². The highest BCUT2D eigenvalue weighted by Crippen LogP contribution is 2.14. The Bertz CT molecular complexity index is 348. The molecular weight excluding hydrogens is 240 g/mol. The minimum Gasteiger partial charge on any atom is -0.382 e. The number of nitrogens with one attached hydrogen (secondary N) is 1. The van der Waals surface area contributed by atoms with E-state index in [9.17, 15) is 8.78 Å². The topological polar surface area (TPSA) is 30.5 Å². The normalized spacial score (nSPS) is 12.7. The van der Waals surface area contributed by atoms with Crippen LogP contribution in [0.2, 0.25) is 0 Å². The zero-order chi connectivity index (χ0) is 13.4. The molecule has 0 spiro atoms. The molecule has 1 rings (SSSR count). The molecule has 0 radical (unpaired) electrons. The van der Waals surface area contributed by atoms with Gasteiger partial charge in [-0.15, -0.1) is 0 Å². The molecule has 0 amide bonds. The van der Waals surface area contributed by atoms with Gasteiger partial charge in [0.2, 0.25) is 0 Å². The Labute approximate surface area is 106 Å². The first-order valence-corrected chi connectivity index (χ1v) is 5.83. The van der Waals surface area contributed by atoms with Gasteiger partial charge in [-0.05, 0) is 24.6 Å². The van der Waals surface area contributed by atoms with Crippen LogP contribution >= 0.6 is 0 Å². The zero-order valence-corrected chi connectivity index (χ0v) is 10.7. The summed E-state index contributed by atoms with van der Waals surface area (Å²) in [6.07, 6.45) is -2.38. The molecule has 18 heavy (non-hydrogen) atoms. The van der Waals surface area contributed by atoms with Crippen LogP contribution in [0.25, 0.3) is 0 Å². The van der Waals surface area contributed by atoms with Gasteiger partial charge in [0.05, 0.1) is 25.9 Å². The lowest BCUT2D eigenvalue weighted by Crippen LogP contribution is -2.23.